The van der Waals surface area contributed by atoms with Crippen molar-refractivity contribution in [3.63, 3.8) is 0 Å². The Morgan fingerprint density at radius 3 is 2.41 bits per heavy atom. The summed E-state index contributed by atoms with van der Waals surface area (Å²) in [5.74, 6) is -0.886. The molecule has 0 bridgehead atoms. The number of nitrogens with zero attached hydrogens (tertiary/aromatic N) is 1. The molecule has 0 aliphatic carbocycles. The van der Waals surface area contributed by atoms with Crippen molar-refractivity contribution in [1.82, 2.24) is 0 Å². The summed E-state index contributed by atoms with van der Waals surface area (Å²) < 4.78 is 25.4. The third-order valence-electron chi connectivity index (χ3n) is 3.39. The van der Waals surface area contributed by atoms with Gasteiger partial charge in [0.15, 0.2) is 0 Å². The first-order chi connectivity index (χ1) is 10.3. The number of sulfonamides is 1. The molecule has 1 aromatic rings. The Balaban J connectivity index is 0.00000116. The highest BCUT2D eigenvalue weighted by atomic mass is 32.2. The fraction of sp³-hybridized carbons (Fsp3) is 0.438. The van der Waals surface area contributed by atoms with Crippen molar-refractivity contribution in [2.24, 2.45) is 0 Å². The van der Waals surface area contributed by atoms with Gasteiger partial charge in [0.2, 0.25) is 10.0 Å². The summed E-state index contributed by atoms with van der Waals surface area (Å²) in [6, 6.07) is 6.86. The highest BCUT2D eigenvalue weighted by molar-refractivity contribution is 7.92. The van der Waals surface area contributed by atoms with Crippen LogP contribution in [-0.4, -0.2) is 31.8 Å². The number of aliphatic carboxylic acids is 1. The first kappa shape index (κ1) is 18.2. The molecule has 1 N–H and O–H groups in total. The summed E-state index contributed by atoms with van der Waals surface area (Å²) in [6.07, 6.45) is 3.40. The molecule has 1 aliphatic rings. The standard InChI is InChI=1S/C14H17NO4S.C2H6/c1-10-11(7-8-14(16)17)9-12-5-3-4-6-13(12)15(10)20(2,18)19;1-2/h3-6,9-10H,7-8H2,1-2H3,(H,16,17);1-2H3/t10-;/m1./s1. The van der Waals surface area contributed by atoms with Gasteiger partial charge in [-0.3, -0.25) is 9.10 Å². The lowest BCUT2D eigenvalue weighted by atomic mass is 9.95. The Morgan fingerprint density at radius 2 is 1.86 bits per heavy atom. The SMILES string of the molecule is CC.C[C@@H]1C(CCC(=O)O)=Cc2ccccc2N1S(C)(=O)=O. The maximum atomic E-state index is 12.0. The number of hydrogen-bond acceptors (Lipinski definition) is 3. The minimum absolute atomic E-state index is 0.00403. The van der Waals surface area contributed by atoms with Crippen LogP contribution in [0.2, 0.25) is 0 Å². The lowest BCUT2D eigenvalue weighted by Crippen LogP contribution is -2.41. The minimum Gasteiger partial charge on any atom is -0.481 e. The van der Waals surface area contributed by atoms with Crippen LogP contribution in [0.3, 0.4) is 0 Å². The highest BCUT2D eigenvalue weighted by Crippen LogP contribution is 2.35. The average Bonchev–Trinajstić information content (AvgIpc) is 2.45. The van der Waals surface area contributed by atoms with Gasteiger partial charge in [-0.05, 0) is 30.5 Å². The van der Waals surface area contributed by atoms with Crippen LogP contribution >= 0.6 is 0 Å². The van der Waals surface area contributed by atoms with Crippen LogP contribution in [0.1, 0.15) is 39.2 Å². The quantitative estimate of drug-likeness (QED) is 0.923. The van der Waals surface area contributed by atoms with Gasteiger partial charge in [-0.1, -0.05) is 38.1 Å². The molecule has 1 atom stereocenters. The van der Waals surface area contributed by atoms with Gasteiger partial charge in [0.25, 0.3) is 0 Å². The second-order valence-corrected chi connectivity index (χ2v) is 6.77. The van der Waals surface area contributed by atoms with Crippen LogP contribution < -0.4 is 4.31 Å². The minimum atomic E-state index is -3.41. The molecular formula is C16H23NO4S. The Bertz CT molecular complexity index is 664. The zero-order valence-corrected chi connectivity index (χ0v) is 14.2. The number of anilines is 1. The second-order valence-electron chi connectivity index (χ2n) is 4.91. The van der Waals surface area contributed by atoms with E-state index >= 15 is 0 Å². The van der Waals surface area contributed by atoms with Gasteiger partial charge in [-0.25, -0.2) is 8.42 Å². The van der Waals surface area contributed by atoms with E-state index in [2.05, 4.69) is 0 Å². The number of carboxylic acids is 1. The molecular weight excluding hydrogens is 302 g/mol. The maximum Gasteiger partial charge on any atom is 0.303 e. The van der Waals surface area contributed by atoms with Crippen molar-refractivity contribution >= 4 is 27.8 Å². The fourth-order valence-electron chi connectivity index (χ4n) is 2.49. The van der Waals surface area contributed by atoms with Crippen molar-refractivity contribution in [2.45, 2.75) is 39.7 Å². The Hall–Kier alpha value is -1.82. The van der Waals surface area contributed by atoms with Crippen LogP contribution in [-0.2, 0) is 14.8 Å². The fourth-order valence-corrected chi connectivity index (χ4v) is 3.72. The zero-order chi connectivity index (χ0) is 16.9. The molecule has 122 valence electrons. The van der Waals surface area contributed by atoms with Crippen LogP contribution in [0.25, 0.3) is 6.08 Å². The summed E-state index contributed by atoms with van der Waals surface area (Å²) >= 11 is 0. The Labute approximate surface area is 132 Å². The molecule has 1 aromatic carbocycles. The monoisotopic (exact) mass is 325 g/mol. The molecule has 0 radical (unpaired) electrons. The maximum absolute atomic E-state index is 12.0. The van der Waals surface area contributed by atoms with E-state index in [9.17, 15) is 13.2 Å². The lowest BCUT2D eigenvalue weighted by molar-refractivity contribution is -0.136. The van der Waals surface area contributed by atoms with Gasteiger partial charge in [0, 0.05) is 6.42 Å². The molecule has 5 nitrogen and oxygen atoms in total. The van der Waals surface area contributed by atoms with Crippen molar-refractivity contribution in [3.05, 3.63) is 35.4 Å². The largest absolute Gasteiger partial charge is 0.481 e. The molecule has 0 saturated carbocycles. The van der Waals surface area contributed by atoms with E-state index in [1.807, 2.05) is 32.1 Å². The van der Waals surface area contributed by atoms with Gasteiger partial charge in [0.1, 0.15) is 0 Å². The summed E-state index contributed by atoms with van der Waals surface area (Å²) in [7, 11) is -3.41. The topological polar surface area (TPSA) is 74.7 Å². The lowest BCUT2D eigenvalue weighted by Gasteiger charge is -2.35. The predicted octanol–water partition coefficient (Wildman–Crippen LogP) is 3.13. The Morgan fingerprint density at radius 1 is 1.27 bits per heavy atom. The van der Waals surface area contributed by atoms with Crippen LogP contribution in [0, 0.1) is 0 Å². The smallest absolute Gasteiger partial charge is 0.303 e. The summed E-state index contributed by atoms with van der Waals surface area (Å²) in [5.41, 5.74) is 2.26. The van der Waals surface area contributed by atoms with Crippen LogP contribution in [0.5, 0.6) is 0 Å². The third kappa shape index (κ3) is 4.10. The normalized spacial score (nSPS) is 17.0. The van der Waals surface area contributed by atoms with E-state index in [4.69, 9.17) is 5.11 Å². The predicted molar refractivity (Wildman–Crippen MR) is 89.4 cm³/mol. The Kier molecular flexibility index (Phi) is 6.17. The van der Waals surface area contributed by atoms with Crippen molar-refractivity contribution in [2.75, 3.05) is 10.6 Å². The van der Waals surface area contributed by atoms with E-state index in [1.165, 1.54) is 10.6 Å². The molecule has 1 heterocycles. The molecule has 0 saturated heterocycles. The molecule has 0 aromatic heterocycles. The average molecular weight is 325 g/mol. The van der Waals surface area contributed by atoms with Crippen molar-refractivity contribution in [3.8, 4) is 0 Å². The molecule has 0 unspecified atom stereocenters. The second kappa shape index (κ2) is 7.45. The highest BCUT2D eigenvalue weighted by Gasteiger charge is 2.31. The number of para-hydroxylation sites is 1. The van der Waals surface area contributed by atoms with Gasteiger partial charge >= 0.3 is 5.97 Å². The number of hydrogen-bond donors (Lipinski definition) is 1. The molecule has 2 rings (SSSR count). The number of fused-ring (bicyclic) bond motifs is 1. The molecule has 6 heteroatoms. The molecule has 1 aliphatic heterocycles. The van der Waals surface area contributed by atoms with E-state index < -0.39 is 16.0 Å². The summed E-state index contributed by atoms with van der Waals surface area (Å²) in [4.78, 5) is 10.7. The first-order valence-corrected chi connectivity index (χ1v) is 9.16. The first-order valence-electron chi connectivity index (χ1n) is 7.31. The molecule has 0 amide bonds. The van der Waals surface area contributed by atoms with E-state index in [0.717, 1.165) is 11.1 Å². The number of carbonyl (C=O) groups is 1. The third-order valence-corrected chi connectivity index (χ3v) is 4.62. The van der Waals surface area contributed by atoms with Crippen LogP contribution in [0.4, 0.5) is 5.69 Å². The van der Waals surface area contributed by atoms with Crippen LogP contribution in [0.15, 0.2) is 29.8 Å². The van der Waals surface area contributed by atoms with Crippen molar-refractivity contribution < 1.29 is 18.3 Å². The zero-order valence-electron chi connectivity index (χ0n) is 13.4. The number of rotatable bonds is 4. The van der Waals surface area contributed by atoms with Gasteiger partial charge < -0.3 is 5.11 Å². The van der Waals surface area contributed by atoms with E-state index in [1.54, 1.807) is 19.1 Å². The number of carboxylic acid groups (broad SMARTS) is 1. The molecule has 0 fully saturated rings. The number of benzene rings is 1. The van der Waals surface area contributed by atoms with Gasteiger partial charge in [-0.2, -0.15) is 0 Å². The molecule has 22 heavy (non-hydrogen) atoms. The van der Waals surface area contributed by atoms with Crippen molar-refractivity contribution in [1.29, 1.82) is 0 Å². The van der Waals surface area contributed by atoms with E-state index in [0.29, 0.717) is 12.1 Å². The van der Waals surface area contributed by atoms with Gasteiger partial charge in [0.05, 0.1) is 18.0 Å². The van der Waals surface area contributed by atoms with Gasteiger partial charge in [-0.15, -0.1) is 0 Å². The van der Waals surface area contributed by atoms with E-state index in [-0.39, 0.29) is 12.5 Å². The summed E-state index contributed by atoms with van der Waals surface area (Å²) in [5, 5.41) is 8.79. The molecule has 0 spiro atoms. The summed E-state index contributed by atoms with van der Waals surface area (Å²) in [6.45, 7) is 5.78.